The summed E-state index contributed by atoms with van der Waals surface area (Å²) in [5.41, 5.74) is 3.85. The van der Waals surface area contributed by atoms with Gasteiger partial charge in [-0.15, -0.1) is 0 Å². The SMILES string of the molecule is CCc1ccccc1N1CSC2=C(C#N)[C@H](c3ccc(OC)cc3OC)CC(=O)N2C1. The molecule has 2 aromatic rings. The highest BCUT2D eigenvalue weighted by molar-refractivity contribution is 8.03. The number of ether oxygens (including phenoxy) is 2. The Morgan fingerprint density at radius 1 is 1.19 bits per heavy atom. The normalized spacial score (nSPS) is 18.5. The number of anilines is 1. The molecule has 0 saturated carbocycles. The number of carbonyl (C=O) groups excluding carboxylic acids is 1. The zero-order valence-corrected chi connectivity index (χ0v) is 18.7. The molecule has 0 aliphatic carbocycles. The van der Waals surface area contributed by atoms with E-state index in [0.29, 0.717) is 29.6 Å². The summed E-state index contributed by atoms with van der Waals surface area (Å²) in [6.07, 6.45) is 1.16. The third-order valence-electron chi connectivity index (χ3n) is 5.82. The van der Waals surface area contributed by atoms with Crippen LogP contribution in [0, 0.1) is 11.3 Å². The molecule has 1 saturated heterocycles. The molecule has 0 spiro atoms. The van der Waals surface area contributed by atoms with Crippen LogP contribution in [0.15, 0.2) is 53.1 Å². The van der Waals surface area contributed by atoms with Crippen LogP contribution in [0.2, 0.25) is 0 Å². The van der Waals surface area contributed by atoms with Crippen LogP contribution in [-0.4, -0.2) is 37.6 Å². The Kier molecular flexibility index (Phi) is 6.10. The van der Waals surface area contributed by atoms with Crippen LogP contribution >= 0.6 is 11.8 Å². The first-order valence-corrected chi connectivity index (χ1v) is 11.2. The lowest BCUT2D eigenvalue weighted by Gasteiger charge is -2.42. The van der Waals surface area contributed by atoms with Crippen molar-refractivity contribution in [3.8, 4) is 17.6 Å². The number of fused-ring (bicyclic) bond motifs is 1. The zero-order valence-electron chi connectivity index (χ0n) is 17.9. The number of nitrogens with zero attached hydrogens (tertiary/aromatic N) is 3. The van der Waals surface area contributed by atoms with Crippen molar-refractivity contribution < 1.29 is 14.3 Å². The van der Waals surface area contributed by atoms with E-state index in [9.17, 15) is 10.1 Å². The van der Waals surface area contributed by atoms with Crippen LogP contribution in [0.3, 0.4) is 0 Å². The van der Waals surface area contributed by atoms with Gasteiger partial charge in [0, 0.05) is 29.7 Å². The first kappa shape index (κ1) is 21.1. The molecule has 0 bridgehead atoms. The van der Waals surface area contributed by atoms with Gasteiger partial charge in [0.15, 0.2) is 0 Å². The van der Waals surface area contributed by atoms with Crippen LogP contribution in [0.1, 0.15) is 30.4 Å². The van der Waals surface area contributed by atoms with Gasteiger partial charge in [0.25, 0.3) is 0 Å². The third-order valence-corrected chi connectivity index (χ3v) is 6.98. The number of thioether (sulfide) groups is 1. The lowest BCUT2D eigenvalue weighted by molar-refractivity contribution is -0.129. The van der Waals surface area contributed by atoms with Gasteiger partial charge in [-0.05, 0) is 24.1 Å². The summed E-state index contributed by atoms with van der Waals surface area (Å²) in [6.45, 7) is 2.59. The number of aryl methyl sites for hydroxylation is 1. The molecule has 0 N–H and O–H groups in total. The minimum absolute atomic E-state index is 0.0167. The quantitative estimate of drug-likeness (QED) is 0.690. The number of benzene rings is 2. The molecule has 0 aromatic heterocycles. The Balaban J connectivity index is 1.70. The van der Waals surface area contributed by atoms with E-state index in [-0.39, 0.29) is 18.2 Å². The molecule has 4 rings (SSSR count). The third kappa shape index (κ3) is 3.84. The Bertz CT molecular complexity index is 1080. The maximum absolute atomic E-state index is 13.2. The van der Waals surface area contributed by atoms with Crippen LogP contribution < -0.4 is 14.4 Å². The van der Waals surface area contributed by atoms with E-state index in [0.717, 1.165) is 22.7 Å². The fourth-order valence-electron chi connectivity index (χ4n) is 4.21. The molecule has 2 heterocycles. The Morgan fingerprint density at radius 2 is 2.00 bits per heavy atom. The predicted molar refractivity (Wildman–Crippen MR) is 122 cm³/mol. The van der Waals surface area contributed by atoms with Gasteiger partial charge in [-0.2, -0.15) is 5.26 Å². The van der Waals surface area contributed by atoms with Crippen molar-refractivity contribution in [3.63, 3.8) is 0 Å². The molecule has 1 amide bonds. The molecule has 0 radical (unpaired) electrons. The largest absolute Gasteiger partial charge is 0.497 e. The van der Waals surface area contributed by atoms with Gasteiger partial charge in [0.05, 0.1) is 43.4 Å². The Hall–Kier alpha value is -3.11. The zero-order chi connectivity index (χ0) is 22.0. The molecule has 31 heavy (non-hydrogen) atoms. The molecule has 7 heteroatoms. The highest BCUT2D eigenvalue weighted by atomic mass is 32.2. The van der Waals surface area contributed by atoms with Gasteiger partial charge >= 0.3 is 0 Å². The average Bonchev–Trinajstić information content (AvgIpc) is 2.83. The van der Waals surface area contributed by atoms with E-state index in [1.807, 2.05) is 24.3 Å². The summed E-state index contributed by atoms with van der Waals surface area (Å²) in [4.78, 5) is 17.2. The van der Waals surface area contributed by atoms with E-state index in [2.05, 4.69) is 30.0 Å². The maximum atomic E-state index is 13.2. The lowest BCUT2D eigenvalue weighted by Crippen LogP contribution is -2.47. The van der Waals surface area contributed by atoms with Crippen molar-refractivity contribution in [2.24, 2.45) is 0 Å². The van der Waals surface area contributed by atoms with Crippen LogP contribution in [0.25, 0.3) is 0 Å². The van der Waals surface area contributed by atoms with Crippen molar-refractivity contribution >= 4 is 23.4 Å². The van der Waals surface area contributed by atoms with Crippen molar-refractivity contribution in [3.05, 3.63) is 64.2 Å². The number of nitriles is 1. The fourth-order valence-corrected chi connectivity index (χ4v) is 5.36. The van der Waals surface area contributed by atoms with Crippen molar-refractivity contribution in [1.29, 1.82) is 5.26 Å². The van der Waals surface area contributed by atoms with Gasteiger partial charge in [-0.1, -0.05) is 43.0 Å². The standard InChI is InChI=1S/C24H25N3O3S/c1-4-16-7-5-6-8-21(16)26-14-27-23(28)12-19(20(13-25)24(27)31-15-26)18-10-9-17(29-2)11-22(18)30-3/h5-11,19H,4,12,14-15H2,1-3H3/t19-/m0/s1. The van der Waals surface area contributed by atoms with E-state index in [1.54, 1.807) is 36.9 Å². The number of hydrogen-bond donors (Lipinski definition) is 0. The van der Waals surface area contributed by atoms with Crippen LogP contribution in [-0.2, 0) is 11.2 Å². The van der Waals surface area contributed by atoms with Gasteiger partial charge < -0.3 is 14.4 Å². The molecule has 2 aliphatic rings. The second-order valence-corrected chi connectivity index (χ2v) is 8.39. The highest BCUT2D eigenvalue weighted by Gasteiger charge is 2.39. The number of hydrogen-bond acceptors (Lipinski definition) is 6. The molecule has 2 aromatic carbocycles. The second-order valence-electron chi connectivity index (χ2n) is 7.45. The number of methoxy groups -OCH3 is 2. The number of para-hydroxylation sites is 1. The second kappa shape index (κ2) is 8.94. The number of amides is 1. The molecular weight excluding hydrogens is 410 g/mol. The molecule has 2 aliphatic heterocycles. The Morgan fingerprint density at radius 3 is 2.71 bits per heavy atom. The minimum atomic E-state index is -0.327. The van der Waals surface area contributed by atoms with Crippen LogP contribution in [0.5, 0.6) is 11.5 Å². The van der Waals surface area contributed by atoms with E-state index in [4.69, 9.17) is 9.47 Å². The van der Waals surface area contributed by atoms with E-state index >= 15 is 0 Å². The molecule has 6 nitrogen and oxygen atoms in total. The summed E-state index contributed by atoms with van der Waals surface area (Å²) in [5.74, 6) is 1.68. The lowest BCUT2D eigenvalue weighted by atomic mass is 9.86. The monoisotopic (exact) mass is 435 g/mol. The van der Waals surface area contributed by atoms with Gasteiger partial charge in [0.2, 0.25) is 5.91 Å². The average molecular weight is 436 g/mol. The molecule has 1 atom stereocenters. The molecule has 0 unspecified atom stereocenters. The fraction of sp³-hybridized carbons (Fsp3) is 0.333. The van der Waals surface area contributed by atoms with Crippen molar-refractivity contribution in [1.82, 2.24) is 4.90 Å². The minimum Gasteiger partial charge on any atom is -0.497 e. The summed E-state index contributed by atoms with van der Waals surface area (Å²) >= 11 is 1.55. The summed E-state index contributed by atoms with van der Waals surface area (Å²) in [7, 11) is 3.19. The van der Waals surface area contributed by atoms with Gasteiger partial charge in [0.1, 0.15) is 11.5 Å². The molecular formula is C24H25N3O3S. The number of rotatable bonds is 5. The van der Waals surface area contributed by atoms with Crippen molar-refractivity contribution in [2.45, 2.75) is 25.7 Å². The highest BCUT2D eigenvalue weighted by Crippen LogP contribution is 2.46. The molecule has 1 fully saturated rings. The Labute approximate surface area is 187 Å². The smallest absolute Gasteiger partial charge is 0.229 e. The predicted octanol–water partition coefficient (Wildman–Crippen LogP) is 4.49. The topological polar surface area (TPSA) is 65.8 Å². The van der Waals surface area contributed by atoms with Gasteiger partial charge in [-0.25, -0.2) is 0 Å². The van der Waals surface area contributed by atoms with Gasteiger partial charge in [-0.3, -0.25) is 9.69 Å². The van der Waals surface area contributed by atoms with E-state index in [1.165, 1.54) is 5.56 Å². The van der Waals surface area contributed by atoms with Crippen molar-refractivity contribution in [2.75, 3.05) is 31.7 Å². The first-order chi connectivity index (χ1) is 15.1. The number of allylic oxidation sites excluding steroid dienone is 1. The van der Waals surface area contributed by atoms with E-state index < -0.39 is 0 Å². The molecule has 160 valence electrons. The summed E-state index contributed by atoms with van der Waals surface area (Å²) in [5, 5.41) is 10.8. The summed E-state index contributed by atoms with van der Waals surface area (Å²) in [6, 6.07) is 16.2. The van der Waals surface area contributed by atoms with Crippen LogP contribution in [0.4, 0.5) is 5.69 Å². The summed E-state index contributed by atoms with van der Waals surface area (Å²) < 4.78 is 10.8. The number of carbonyl (C=O) groups is 1. The first-order valence-electron chi connectivity index (χ1n) is 10.2. The maximum Gasteiger partial charge on any atom is 0.229 e.